The molecule has 7 nitrogen and oxygen atoms in total. The monoisotopic (exact) mass is 306 g/mol. The van der Waals surface area contributed by atoms with Crippen LogP contribution in [0.1, 0.15) is 26.7 Å². The van der Waals surface area contributed by atoms with Gasteiger partial charge < -0.3 is 15.4 Å². The molecule has 0 aliphatic carbocycles. The first kappa shape index (κ1) is 17.2. The fourth-order valence-corrected chi connectivity index (χ4v) is 2.43. The van der Waals surface area contributed by atoms with Gasteiger partial charge >= 0.3 is 0 Å². The quantitative estimate of drug-likeness (QED) is 0.324. The van der Waals surface area contributed by atoms with E-state index in [0.29, 0.717) is 25.6 Å². The van der Waals surface area contributed by atoms with Gasteiger partial charge in [0.05, 0.1) is 18.4 Å². The van der Waals surface area contributed by atoms with Crippen molar-refractivity contribution in [3.05, 3.63) is 0 Å². The summed E-state index contributed by atoms with van der Waals surface area (Å²) in [5.74, 6) is 0.791. The van der Waals surface area contributed by atoms with E-state index in [-0.39, 0.29) is 11.9 Å². The number of hydrogen-bond donors (Lipinski definition) is 3. The molecule has 1 aliphatic heterocycles. The summed E-state index contributed by atoms with van der Waals surface area (Å²) in [6.07, 6.45) is 2.37. The summed E-state index contributed by atoms with van der Waals surface area (Å²) in [7, 11) is -3.13. The Morgan fingerprint density at radius 3 is 2.70 bits per heavy atom. The second-order valence-corrected chi connectivity index (χ2v) is 6.67. The fraction of sp³-hybridized carbons (Fsp3) is 0.917. The summed E-state index contributed by atoms with van der Waals surface area (Å²) in [6, 6.07) is 0. The molecule has 1 fully saturated rings. The minimum atomic E-state index is -3.13. The van der Waals surface area contributed by atoms with Crippen molar-refractivity contribution in [1.82, 2.24) is 15.4 Å². The first-order chi connectivity index (χ1) is 9.57. The zero-order valence-corrected chi connectivity index (χ0v) is 13.1. The Hall–Kier alpha value is -0.860. The molecule has 1 saturated heterocycles. The van der Waals surface area contributed by atoms with Crippen molar-refractivity contribution in [2.75, 3.05) is 38.5 Å². The minimum absolute atomic E-state index is 0.0974. The first-order valence-electron chi connectivity index (χ1n) is 7.18. The molecule has 20 heavy (non-hydrogen) atoms. The number of nitrogens with zero attached hydrogens (tertiary/aromatic N) is 1. The van der Waals surface area contributed by atoms with Gasteiger partial charge in [-0.15, -0.1) is 0 Å². The third-order valence-electron chi connectivity index (χ3n) is 2.94. The van der Waals surface area contributed by atoms with Crippen LogP contribution in [0.3, 0.4) is 0 Å². The molecule has 1 unspecified atom stereocenters. The van der Waals surface area contributed by atoms with Gasteiger partial charge in [0.1, 0.15) is 0 Å². The van der Waals surface area contributed by atoms with Crippen LogP contribution in [0.15, 0.2) is 4.99 Å². The smallest absolute Gasteiger partial charge is 0.211 e. The average Bonchev–Trinajstić information content (AvgIpc) is 2.94. The molecule has 0 amide bonds. The SMILES string of the molecule is CCNC(=NCC1CCCO1)NCCNS(=O)(=O)CC. The van der Waals surface area contributed by atoms with E-state index in [1.165, 1.54) is 0 Å². The third-order valence-corrected chi connectivity index (χ3v) is 4.34. The molecule has 1 heterocycles. The summed E-state index contributed by atoms with van der Waals surface area (Å²) in [6.45, 7) is 6.67. The largest absolute Gasteiger partial charge is 0.376 e. The maximum Gasteiger partial charge on any atom is 0.211 e. The van der Waals surface area contributed by atoms with Crippen LogP contribution in [0.2, 0.25) is 0 Å². The predicted molar refractivity (Wildman–Crippen MR) is 80.4 cm³/mol. The van der Waals surface area contributed by atoms with Crippen molar-refractivity contribution in [3.63, 3.8) is 0 Å². The Balaban J connectivity index is 2.29. The fourth-order valence-electron chi connectivity index (χ4n) is 1.81. The second-order valence-electron chi connectivity index (χ2n) is 4.58. The molecular formula is C12H26N4O3S. The average molecular weight is 306 g/mol. The molecule has 0 radical (unpaired) electrons. The van der Waals surface area contributed by atoms with Gasteiger partial charge in [0, 0.05) is 26.2 Å². The van der Waals surface area contributed by atoms with E-state index < -0.39 is 10.0 Å². The highest BCUT2D eigenvalue weighted by molar-refractivity contribution is 7.89. The van der Waals surface area contributed by atoms with Gasteiger partial charge in [-0.3, -0.25) is 4.99 Å². The lowest BCUT2D eigenvalue weighted by molar-refractivity contribution is 0.117. The molecule has 8 heteroatoms. The molecule has 118 valence electrons. The van der Waals surface area contributed by atoms with Crippen LogP contribution in [-0.4, -0.2) is 59.0 Å². The Morgan fingerprint density at radius 2 is 2.10 bits per heavy atom. The Labute approximate surface area is 121 Å². The van der Waals surface area contributed by atoms with Crippen LogP contribution < -0.4 is 15.4 Å². The number of guanidine groups is 1. The molecule has 1 atom stereocenters. The first-order valence-corrected chi connectivity index (χ1v) is 8.83. The van der Waals surface area contributed by atoms with E-state index in [1.54, 1.807) is 6.92 Å². The third kappa shape index (κ3) is 7.06. The van der Waals surface area contributed by atoms with Crippen molar-refractivity contribution < 1.29 is 13.2 Å². The molecule has 1 aliphatic rings. The Bertz CT molecular complexity index is 392. The van der Waals surface area contributed by atoms with E-state index >= 15 is 0 Å². The summed E-state index contributed by atoms with van der Waals surface area (Å²) < 4.78 is 30.6. The molecule has 0 aromatic rings. The van der Waals surface area contributed by atoms with E-state index in [9.17, 15) is 8.42 Å². The highest BCUT2D eigenvalue weighted by atomic mass is 32.2. The highest BCUT2D eigenvalue weighted by Crippen LogP contribution is 2.11. The van der Waals surface area contributed by atoms with Crippen LogP contribution in [0.5, 0.6) is 0 Å². The van der Waals surface area contributed by atoms with Crippen LogP contribution in [0.4, 0.5) is 0 Å². The molecule has 3 N–H and O–H groups in total. The standard InChI is InChI=1S/C12H26N4O3S/c1-3-13-12(15-10-11-6-5-9-19-11)14-7-8-16-20(17,18)4-2/h11,16H,3-10H2,1-2H3,(H2,13,14,15). The molecule has 0 aromatic heterocycles. The lowest BCUT2D eigenvalue weighted by Gasteiger charge is -2.13. The van der Waals surface area contributed by atoms with E-state index in [2.05, 4.69) is 20.3 Å². The van der Waals surface area contributed by atoms with Gasteiger partial charge in [-0.25, -0.2) is 13.1 Å². The van der Waals surface area contributed by atoms with Gasteiger partial charge in [-0.2, -0.15) is 0 Å². The zero-order chi connectivity index (χ0) is 14.8. The summed E-state index contributed by atoms with van der Waals surface area (Å²) in [4.78, 5) is 4.44. The number of ether oxygens (including phenoxy) is 1. The normalized spacial score (nSPS) is 20.1. The lowest BCUT2D eigenvalue weighted by Crippen LogP contribution is -2.42. The molecule has 0 aromatic carbocycles. The van der Waals surface area contributed by atoms with Crippen molar-refractivity contribution in [3.8, 4) is 0 Å². The minimum Gasteiger partial charge on any atom is -0.376 e. The summed E-state index contributed by atoms with van der Waals surface area (Å²) in [5.41, 5.74) is 0. The predicted octanol–water partition coefficient (Wildman–Crippen LogP) is -0.340. The van der Waals surface area contributed by atoms with Gasteiger partial charge in [-0.1, -0.05) is 0 Å². The topological polar surface area (TPSA) is 91.8 Å². The van der Waals surface area contributed by atoms with E-state index in [1.807, 2.05) is 6.92 Å². The Morgan fingerprint density at radius 1 is 1.30 bits per heavy atom. The van der Waals surface area contributed by atoms with Gasteiger partial charge in [0.2, 0.25) is 10.0 Å². The number of rotatable bonds is 8. The van der Waals surface area contributed by atoms with Crippen molar-refractivity contribution in [1.29, 1.82) is 0 Å². The van der Waals surface area contributed by atoms with Crippen LogP contribution in [0, 0.1) is 0 Å². The van der Waals surface area contributed by atoms with E-state index in [4.69, 9.17) is 4.74 Å². The highest BCUT2D eigenvalue weighted by Gasteiger charge is 2.14. The number of nitrogens with one attached hydrogen (secondary N) is 3. The molecule has 0 spiro atoms. The zero-order valence-electron chi connectivity index (χ0n) is 12.3. The Kier molecular flexibility index (Phi) is 7.86. The number of sulfonamides is 1. The second kappa shape index (κ2) is 9.15. The lowest BCUT2D eigenvalue weighted by atomic mass is 10.2. The van der Waals surface area contributed by atoms with E-state index in [0.717, 1.165) is 26.0 Å². The van der Waals surface area contributed by atoms with Crippen LogP contribution in [-0.2, 0) is 14.8 Å². The van der Waals surface area contributed by atoms with Gasteiger partial charge in [0.15, 0.2) is 5.96 Å². The van der Waals surface area contributed by atoms with Crippen molar-refractivity contribution >= 4 is 16.0 Å². The molecule has 0 bridgehead atoms. The van der Waals surface area contributed by atoms with Crippen molar-refractivity contribution in [2.45, 2.75) is 32.8 Å². The number of aliphatic imine (C=N–C) groups is 1. The van der Waals surface area contributed by atoms with Crippen LogP contribution >= 0.6 is 0 Å². The van der Waals surface area contributed by atoms with Crippen LogP contribution in [0.25, 0.3) is 0 Å². The summed E-state index contributed by atoms with van der Waals surface area (Å²) in [5, 5.41) is 6.22. The molecule has 1 rings (SSSR count). The van der Waals surface area contributed by atoms with Gasteiger partial charge in [0.25, 0.3) is 0 Å². The number of hydrogen-bond acceptors (Lipinski definition) is 4. The maximum atomic E-state index is 11.3. The van der Waals surface area contributed by atoms with Crippen molar-refractivity contribution in [2.24, 2.45) is 4.99 Å². The van der Waals surface area contributed by atoms with Gasteiger partial charge in [-0.05, 0) is 26.7 Å². The molecular weight excluding hydrogens is 280 g/mol. The summed E-state index contributed by atoms with van der Waals surface area (Å²) >= 11 is 0. The molecule has 0 saturated carbocycles. The maximum absolute atomic E-state index is 11.3.